The Morgan fingerprint density at radius 3 is 3.05 bits per heavy atom. The van der Waals surface area contributed by atoms with Crippen LogP contribution in [0.4, 0.5) is 5.69 Å². The van der Waals surface area contributed by atoms with Crippen molar-refractivity contribution in [3.63, 3.8) is 0 Å². The Morgan fingerprint density at radius 2 is 2.29 bits per heavy atom. The first-order chi connectivity index (χ1) is 10.2. The maximum atomic E-state index is 5.84. The quantitative estimate of drug-likeness (QED) is 0.832. The second-order valence-corrected chi connectivity index (χ2v) is 7.97. The third-order valence-corrected chi connectivity index (χ3v) is 5.98. The minimum absolute atomic E-state index is 0.381. The first-order valence-electron chi connectivity index (χ1n) is 7.48. The number of hydrogen-bond acceptors (Lipinski definition) is 5. The number of thioether (sulfide) groups is 1. The summed E-state index contributed by atoms with van der Waals surface area (Å²) in [5, 5.41) is 3.68. The second kappa shape index (κ2) is 6.55. The zero-order chi connectivity index (χ0) is 14.8. The summed E-state index contributed by atoms with van der Waals surface area (Å²) >= 11 is 3.48. The molecule has 1 aliphatic heterocycles. The summed E-state index contributed by atoms with van der Waals surface area (Å²) in [4.78, 5) is 4.59. The molecule has 0 bridgehead atoms. The Labute approximate surface area is 134 Å². The molecule has 1 aliphatic rings. The second-order valence-electron chi connectivity index (χ2n) is 5.89. The number of rotatable bonds is 4. The van der Waals surface area contributed by atoms with Gasteiger partial charge in [-0.1, -0.05) is 25.6 Å². The van der Waals surface area contributed by atoms with E-state index in [4.69, 9.17) is 4.74 Å². The molecule has 2 atom stereocenters. The standard InChI is InChI=1S/C16H22N2OS2/c1-10(2)14-8-12(6-7-19-14)17-11-4-5-13-15(9-11)21-16(18-13)20-3/h4-5,9-10,12,14,17H,6-8H2,1-3H3. The van der Waals surface area contributed by atoms with Crippen LogP contribution in [0.25, 0.3) is 10.2 Å². The summed E-state index contributed by atoms with van der Waals surface area (Å²) in [7, 11) is 0. The first-order valence-corrected chi connectivity index (χ1v) is 9.52. The van der Waals surface area contributed by atoms with Gasteiger partial charge in [-0.05, 0) is 43.2 Å². The van der Waals surface area contributed by atoms with Crippen LogP contribution in [-0.2, 0) is 4.74 Å². The third-order valence-electron chi connectivity index (χ3n) is 3.97. The lowest BCUT2D eigenvalue weighted by Crippen LogP contribution is -2.36. The Bertz CT molecular complexity index is 611. The van der Waals surface area contributed by atoms with E-state index in [2.05, 4.69) is 48.6 Å². The Kier molecular flexibility index (Phi) is 4.72. The lowest BCUT2D eigenvalue weighted by atomic mass is 9.95. The SMILES string of the molecule is CSc1nc2ccc(NC3CCOC(C(C)C)C3)cc2s1. The summed E-state index contributed by atoms with van der Waals surface area (Å²) in [6, 6.07) is 7.00. The molecule has 0 saturated carbocycles. The average molecular weight is 322 g/mol. The maximum absolute atomic E-state index is 5.84. The number of anilines is 1. The molecule has 114 valence electrons. The van der Waals surface area contributed by atoms with Gasteiger partial charge in [-0.2, -0.15) is 0 Å². The van der Waals surface area contributed by atoms with E-state index in [9.17, 15) is 0 Å². The van der Waals surface area contributed by atoms with Gasteiger partial charge in [0.05, 0.1) is 16.3 Å². The Morgan fingerprint density at radius 1 is 1.43 bits per heavy atom. The topological polar surface area (TPSA) is 34.2 Å². The van der Waals surface area contributed by atoms with Crippen LogP contribution in [0.3, 0.4) is 0 Å². The molecule has 2 heterocycles. The third kappa shape index (κ3) is 3.52. The minimum atomic E-state index is 0.381. The molecule has 0 radical (unpaired) electrons. The number of nitrogens with zero attached hydrogens (tertiary/aromatic N) is 1. The van der Waals surface area contributed by atoms with Crippen molar-refractivity contribution in [1.29, 1.82) is 0 Å². The summed E-state index contributed by atoms with van der Waals surface area (Å²) in [5.74, 6) is 0.586. The molecule has 3 rings (SSSR count). The fourth-order valence-corrected chi connectivity index (χ4v) is 4.27. The highest BCUT2D eigenvalue weighted by Crippen LogP contribution is 2.31. The summed E-state index contributed by atoms with van der Waals surface area (Å²) in [6.45, 7) is 5.33. The smallest absolute Gasteiger partial charge is 0.150 e. The van der Waals surface area contributed by atoms with Gasteiger partial charge in [0.15, 0.2) is 4.34 Å². The molecular weight excluding hydrogens is 300 g/mol. The van der Waals surface area contributed by atoms with Crippen LogP contribution in [0.5, 0.6) is 0 Å². The molecule has 0 spiro atoms. The van der Waals surface area contributed by atoms with Crippen LogP contribution < -0.4 is 5.32 Å². The number of nitrogens with one attached hydrogen (secondary N) is 1. The molecular formula is C16H22N2OS2. The van der Waals surface area contributed by atoms with Crippen molar-refractivity contribution in [2.75, 3.05) is 18.2 Å². The molecule has 1 N–H and O–H groups in total. The molecule has 1 saturated heterocycles. The van der Waals surface area contributed by atoms with Gasteiger partial charge in [-0.25, -0.2) is 4.98 Å². The summed E-state index contributed by atoms with van der Waals surface area (Å²) in [5.41, 5.74) is 2.30. The predicted molar refractivity (Wildman–Crippen MR) is 92.6 cm³/mol. The van der Waals surface area contributed by atoms with E-state index in [0.717, 1.165) is 29.3 Å². The van der Waals surface area contributed by atoms with E-state index >= 15 is 0 Å². The highest BCUT2D eigenvalue weighted by molar-refractivity contribution is 8.00. The van der Waals surface area contributed by atoms with E-state index in [1.807, 2.05) is 0 Å². The fraction of sp³-hybridized carbons (Fsp3) is 0.562. The molecule has 1 aromatic heterocycles. The molecule has 0 aliphatic carbocycles. The predicted octanol–water partition coefficient (Wildman–Crippen LogP) is 4.63. The van der Waals surface area contributed by atoms with Gasteiger partial charge in [0.2, 0.25) is 0 Å². The number of hydrogen-bond donors (Lipinski definition) is 1. The number of thiazole rings is 1. The largest absolute Gasteiger partial charge is 0.382 e. The molecule has 1 fully saturated rings. The number of ether oxygens (including phenoxy) is 1. The zero-order valence-corrected chi connectivity index (χ0v) is 14.4. The molecule has 1 aromatic carbocycles. The Hall–Kier alpha value is -0.780. The molecule has 5 heteroatoms. The Balaban J connectivity index is 1.72. The number of aromatic nitrogens is 1. The maximum Gasteiger partial charge on any atom is 0.150 e. The van der Waals surface area contributed by atoms with Crippen LogP contribution in [0.1, 0.15) is 26.7 Å². The molecule has 21 heavy (non-hydrogen) atoms. The van der Waals surface area contributed by atoms with Crippen molar-refractivity contribution in [2.45, 2.75) is 43.2 Å². The van der Waals surface area contributed by atoms with Crippen molar-refractivity contribution < 1.29 is 4.74 Å². The first kappa shape index (κ1) is 15.1. The van der Waals surface area contributed by atoms with E-state index < -0.39 is 0 Å². The van der Waals surface area contributed by atoms with E-state index in [-0.39, 0.29) is 0 Å². The van der Waals surface area contributed by atoms with E-state index in [1.165, 1.54) is 10.4 Å². The highest BCUT2D eigenvalue weighted by atomic mass is 32.2. The number of fused-ring (bicyclic) bond motifs is 1. The van der Waals surface area contributed by atoms with E-state index in [0.29, 0.717) is 18.1 Å². The fourth-order valence-electron chi connectivity index (χ4n) is 2.74. The van der Waals surface area contributed by atoms with Crippen molar-refractivity contribution >= 4 is 39.0 Å². The van der Waals surface area contributed by atoms with Crippen LogP contribution in [0.15, 0.2) is 22.5 Å². The van der Waals surface area contributed by atoms with Gasteiger partial charge >= 0.3 is 0 Å². The molecule has 2 unspecified atom stereocenters. The van der Waals surface area contributed by atoms with Gasteiger partial charge in [0.1, 0.15) is 0 Å². The lowest BCUT2D eigenvalue weighted by Gasteiger charge is -2.32. The summed E-state index contributed by atoms with van der Waals surface area (Å²) < 4.78 is 8.24. The van der Waals surface area contributed by atoms with Crippen LogP contribution in [0.2, 0.25) is 0 Å². The summed E-state index contributed by atoms with van der Waals surface area (Å²) in [6.07, 6.45) is 4.63. The van der Waals surface area contributed by atoms with Crippen molar-refractivity contribution in [3.05, 3.63) is 18.2 Å². The van der Waals surface area contributed by atoms with E-state index in [1.54, 1.807) is 23.1 Å². The van der Waals surface area contributed by atoms with Gasteiger partial charge in [0.25, 0.3) is 0 Å². The highest BCUT2D eigenvalue weighted by Gasteiger charge is 2.24. The van der Waals surface area contributed by atoms with Gasteiger partial charge < -0.3 is 10.1 Å². The van der Waals surface area contributed by atoms with Gasteiger partial charge in [0, 0.05) is 18.3 Å². The molecule has 3 nitrogen and oxygen atoms in total. The molecule has 2 aromatic rings. The van der Waals surface area contributed by atoms with Crippen molar-refractivity contribution in [1.82, 2.24) is 4.98 Å². The average Bonchev–Trinajstić information content (AvgIpc) is 2.90. The number of benzene rings is 1. The van der Waals surface area contributed by atoms with Crippen LogP contribution in [-0.4, -0.2) is 30.0 Å². The zero-order valence-electron chi connectivity index (χ0n) is 12.8. The van der Waals surface area contributed by atoms with Gasteiger partial charge in [-0.3, -0.25) is 0 Å². The van der Waals surface area contributed by atoms with Crippen molar-refractivity contribution in [3.8, 4) is 0 Å². The lowest BCUT2D eigenvalue weighted by molar-refractivity contribution is -0.0160. The minimum Gasteiger partial charge on any atom is -0.382 e. The van der Waals surface area contributed by atoms with Crippen molar-refractivity contribution in [2.24, 2.45) is 5.92 Å². The van der Waals surface area contributed by atoms with Gasteiger partial charge in [-0.15, -0.1) is 11.3 Å². The van der Waals surface area contributed by atoms with Crippen LogP contribution >= 0.6 is 23.1 Å². The normalized spacial score (nSPS) is 22.9. The monoisotopic (exact) mass is 322 g/mol. The van der Waals surface area contributed by atoms with Crippen LogP contribution in [0, 0.1) is 5.92 Å². The molecule has 0 amide bonds.